The third-order valence-electron chi connectivity index (χ3n) is 5.12. The van der Waals surface area contributed by atoms with Gasteiger partial charge in [-0.25, -0.2) is 4.39 Å². The normalized spacial score (nSPS) is 12.7. The van der Waals surface area contributed by atoms with E-state index < -0.39 is 17.2 Å². The molecule has 0 aliphatic heterocycles. The van der Waals surface area contributed by atoms with Crippen LogP contribution in [0.25, 0.3) is 0 Å². The van der Waals surface area contributed by atoms with Crippen LogP contribution in [0, 0.1) is 19.7 Å². The van der Waals surface area contributed by atoms with Gasteiger partial charge in [0, 0.05) is 5.69 Å². The Morgan fingerprint density at radius 3 is 2.53 bits per heavy atom. The molecule has 0 bridgehead atoms. The van der Waals surface area contributed by atoms with E-state index in [1.165, 1.54) is 12.1 Å². The van der Waals surface area contributed by atoms with Crippen molar-refractivity contribution in [2.24, 2.45) is 0 Å². The lowest BCUT2D eigenvalue weighted by Gasteiger charge is -2.16. The van der Waals surface area contributed by atoms with Crippen LogP contribution in [0.3, 0.4) is 0 Å². The van der Waals surface area contributed by atoms with Gasteiger partial charge in [-0.1, -0.05) is 54.6 Å². The minimum Gasteiger partial charge on any atom is -0.478 e. The summed E-state index contributed by atoms with van der Waals surface area (Å²) >= 11 is 1.14. The molecule has 34 heavy (non-hydrogen) atoms. The second-order valence-corrected chi connectivity index (χ2v) is 8.87. The topological polar surface area (TPSA) is 77.2 Å². The van der Waals surface area contributed by atoms with Crippen LogP contribution in [0.15, 0.2) is 82.4 Å². The smallest absolute Gasteiger partial charge is 0.277 e. The number of hydrogen-bond acceptors (Lipinski definition) is 6. The van der Waals surface area contributed by atoms with Crippen LogP contribution in [0.1, 0.15) is 40.9 Å². The van der Waals surface area contributed by atoms with Crippen molar-refractivity contribution in [1.29, 1.82) is 0 Å². The van der Waals surface area contributed by atoms with Crippen molar-refractivity contribution < 1.29 is 18.3 Å². The van der Waals surface area contributed by atoms with Gasteiger partial charge in [-0.05, 0) is 67.4 Å². The van der Waals surface area contributed by atoms with Crippen LogP contribution in [0.2, 0.25) is 0 Å². The average molecular weight is 478 g/mol. The average Bonchev–Trinajstić information content (AvgIpc) is 3.31. The highest BCUT2D eigenvalue weighted by Gasteiger charge is 2.26. The van der Waals surface area contributed by atoms with Gasteiger partial charge in [0.05, 0.1) is 0 Å². The molecule has 0 spiro atoms. The highest BCUT2D eigenvalue weighted by Crippen LogP contribution is 2.37. The van der Waals surface area contributed by atoms with Gasteiger partial charge in [-0.15, -0.1) is 10.2 Å². The monoisotopic (exact) mass is 477 g/mol. The summed E-state index contributed by atoms with van der Waals surface area (Å²) in [7, 11) is 0. The zero-order chi connectivity index (χ0) is 24.1. The van der Waals surface area contributed by atoms with Gasteiger partial charge in [-0.2, -0.15) is 0 Å². The van der Waals surface area contributed by atoms with Crippen molar-refractivity contribution in [3.8, 4) is 5.75 Å². The van der Waals surface area contributed by atoms with Gasteiger partial charge >= 0.3 is 0 Å². The lowest BCUT2D eigenvalue weighted by molar-refractivity contribution is -0.115. The van der Waals surface area contributed by atoms with Crippen molar-refractivity contribution in [2.75, 3.05) is 5.32 Å². The zero-order valence-corrected chi connectivity index (χ0v) is 19.8. The third kappa shape index (κ3) is 5.63. The number of carbonyl (C=O) groups excluding carboxylic acids is 1. The van der Waals surface area contributed by atoms with Crippen molar-refractivity contribution in [3.05, 3.63) is 101 Å². The van der Waals surface area contributed by atoms with E-state index in [1.54, 1.807) is 19.1 Å². The largest absolute Gasteiger partial charge is 0.478 e. The number of ether oxygens (including phenoxy) is 1. The van der Waals surface area contributed by atoms with Crippen molar-refractivity contribution in [1.82, 2.24) is 10.2 Å². The van der Waals surface area contributed by atoms with E-state index in [-0.39, 0.29) is 22.8 Å². The van der Waals surface area contributed by atoms with E-state index in [9.17, 15) is 9.18 Å². The van der Waals surface area contributed by atoms with E-state index in [0.29, 0.717) is 0 Å². The molecule has 3 aromatic carbocycles. The van der Waals surface area contributed by atoms with Crippen LogP contribution in [0.5, 0.6) is 5.75 Å². The molecule has 4 aromatic rings. The molecule has 0 saturated heterocycles. The quantitative estimate of drug-likeness (QED) is 0.294. The number of benzene rings is 3. The second-order valence-electron chi connectivity index (χ2n) is 7.81. The number of nitrogens with zero attached hydrogens (tertiary/aromatic N) is 2. The number of thioether (sulfide) groups is 1. The Kier molecular flexibility index (Phi) is 7.27. The summed E-state index contributed by atoms with van der Waals surface area (Å²) in [5, 5.41) is 10.7. The minimum absolute atomic E-state index is 0.0949. The highest BCUT2D eigenvalue weighted by atomic mass is 32.2. The van der Waals surface area contributed by atoms with Crippen molar-refractivity contribution in [2.45, 2.75) is 37.3 Å². The number of rotatable bonds is 8. The van der Waals surface area contributed by atoms with Gasteiger partial charge in [0.2, 0.25) is 5.91 Å². The maximum atomic E-state index is 13.9. The summed E-state index contributed by atoms with van der Waals surface area (Å²) in [6.45, 7) is 5.61. The SMILES string of the molecule is Cc1ccc(C)c(NC(=O)C(Sc2nnc(C(C)Oc3ccccc3F)o2)c2ccccc2)c1. The summed E-state index contributed by atoms with van der Waals surface area (Å²) in [4.78, 5) is 13.3. The Labute approximate surface area is 201 Å². The lowest BCUT2D eigenvalue weighted by atomic mass is 10.1. The number of hydrogen-bond donors (Lipinski definition) is 1. The molecular formula is C26H24FN3O3S. The first-order valence-electron chi connectivity index (χ1n) is 10.7. The number of amides is 1. The van der Waals surface area contributed by atoms with Gasteiger partial charge in [0.1, 0.15) is 5.25 Å². The number of aryl methyl sites for hydroxylation is 2. The third-order valence-corrected chi connectivity index (χ3v) is 6.21. The highest BCUT2D eigenvalue weighted by molar-refractivity contribution is 8.00. The van der Waals surface area contributed by atoms with E-state index in [4.69, 9.17) is 9.15 Å². The summed E-state index contributed by atoms with van der Waals surface area (Å²) < 4.78 is 25.3. The van der Waals surface area contributed by atoms with E-state index in [1.807, 2.05) is 62.4 Å². The first kappa shape index (κ1) is 23.5. The summed E-state index contributed by atoms with van der Waals surface area (Å²) in [5.74, 6) is -0.402. The molecule has 1 aromatic heterocycles. The molecule has 4 rings (SSSR count). The molecule has 1 N–H and O–H groups in total. The summed E-state index contributed by atoms with van der Waals surface area (Å²) in [6.07, 6.45) is -0.669. The molecule has 1 amide bonds. The molecular weight excluding hydrogens is 453 g/mol. The van der Waals surface area contributed by atoms with Gasteiger partial charge < -0.3 is 14.5 Å². The molecule has 8 heteroatoms. The minimum atomic E-state index is -0.669. The molecule has 0 aliphatic carbocycles. The number of carbonyl (C=O) groups is 1. The van der Waals surface area contributed by atoms with E-state index in [2.05, 4.69) is 15.5 Å². The first-order valence-corrected chi connectivity index (χ1v) is 11.6. The lowest BCUT2D eigenvalue weighted by Crippen LogP contribution is -2.19. The Bertz CT molecular complexity index is 1280. The van der Waals surface area contributed by atoms with Crippen LogP contribution in [-0.4, -0.2) is 16.1 Å². The standard InChI is InChI=1S/C26H24FN3O3S/c1-16-13-14-17(2)21(15-16)28-24(31)23(19-9-5-4-6-10-19)34-26-30-29-25(33-26)18(3)32-22-12-8-7-11-20(22)27/h4-15,18,23H,1-3H3,(H,28,31). The number of halogens is 1. The second kappa shape index (κ2) is 10.5. The van der Waals surface area contributed by atoms with Crippen molar-refractivity contribution >= 4 is 23.4 Å². The molecule has 174 valence electrons. The van der Waals surface area contributed by atoms with Crippen LogP contribution < -0.4 is 10.1 Å². The predicted molar refractivity (Wildman–Crippen MR) is 129 cm³/mol. The molecule has 0 saturated carbocycles. The van der Waals surface area contributed by atoms with E-state index >= 15 is 0 Å². The Morgan fingerprint density at radius 2 is 1.76 bits per heavy atom. The fraction of sp³-hybridized carbons (Fsp3) is 0.192. The first-order chi connectivity index (χ1) is 16.4. The number of para-hydroxylation sites is 1. The Hall–Kier alpha value is -3.65. The predicted octanol–water partition coefficient (Wildman–Crippen LogP) is 6.44. The van der Waals surface area contributed by atoms with Crippen LogP contribution >= 0.6 is 11.8 Å². The zero-order valence-electron chi connectivity index (χ0n) is 19.0. The molecule has 6 nitrogen and oxygen atoms in total. The number of nitrogens with one attached hydrogen (secondary N) is 1. The maximum absolute atomic E-state index is 13.9. The van der Waals surface area contributed by atoms with Gasteiger partial charge in [0.15, 0.2) is 17.7 Å². The Morgan fingerprint density at radius 1 is 1.03 bits per heavy atom. The molecule has 0 fully saturated rings. The van der Waals surface area contributed by atoms with Crippen LogP contribution in [0.4, 0.5) is 10.1 Å². The molecule has 0 radical (unpaired) electrons. The van der Waals surface area contributed by atoms with Crippen LogP contribution in [-0.2, 0) is 4.79 Å². The molecule has 1 heterocycles. The molecule has 2 atom stereocenters. The fourth-order valence-electron chi connectivity index (χ4n) is 3.28. The van der Waals surface area contributed by atoms with E-state index in [0.717, 1.165) is 34.1 Å². The summed E-state index contributed by atoms with van der Waals surface area (Å²) in [5.41, 5.74) is 3.57. The van der Waals surface area contributed by atoms with Gasteiger partial charge in [-0.3, -0.25) is 4.79 Å². The molecule has 2 unspecified atom stereocenters. The number of aromatic nitrogens is 2. The Balaban J connectivity index is 1.53. The maximum Gasteiger partial charge on any atom is 0.277 e. The van der Waals surface area contributed by atoms with Crippen molar-refractivity contribution in [3.63, 3.8) is 0 Å². The fourth-order valence-corrected chi connectivity index (χ4v) is 4.17. The van der Waals surface area contributed by atoms with Gasteiger partial charge in [0.25, 0.3) is 11.1 Å². The molecule has 0 aliphatic rings. The summed E-state index contributed by atoms with van der Waals surface area (Å²) in [6, 6.07) is 21.4. The number of anilines is 1.